The molecule has 2 N–H and O–H groups in total. The molecule has 1 aromatic heterocycles. The Morgan fingerprint density at radius 3 is 3.07 bits per heavy atom. The van der Waals surface area contributed by atoms with Crippen molar-refractivity contribution in [2.75, 3.05) is 18.4 Å². The summed E-state index contributed by atoms with van der Waals surface area (Å²) in [5.41, 5.74) is 1.31. The van der Waals surface area contributed by atoms with Gasteiger partial charge in [-0.2, -0.15) is 0 Å². The predicted octanol–water partition coefficient (Wildman–Crippen LogP) is 2.33. The van der Waals surface area contributed by atoms with Gasteiger partial charge in [-0.3, -0.25) is 0 Å². The summed E-state index contributed by atoms with van der Waals surface area (Å²) in [7, 11) is 0. The highest BCUT2D eigenvalue weighted by molar-refractivity contribution is 5.36. The minimum atomic E-state index is 0.526. The van der Waals surface area contributed by atoms with E-state index >= 15 is 0 Å². The molecule has 2 heterocycles. The molecule has 82 valence electrons. The third-order valence-electron chi connectivity index (χ3n) is 2.81. The molecule has 3 nitrogen and oxygen atoms in total. The van der Waals surface area contributed by atoms with Crippen molar-refractivity contribution >= 4 is 5.82 Å². The fourth-order valence-electron chi connectivity index (χ4n) is 1.94. The first kappa shape index (κ1) is 10.4. The fourth-order valence-corrected chi connectivity index (χ4v) is 1.94. The Morgan fingerprint density at radius 1 is 1.53 bits per heavy atom. The van der Waals surface area contributed by atoms with Crippen LogP contribution in [0.5, 0.6) is 0 Å². The Bertz CT molecular complexity index is 288. The summed E-state index contributed by atoms with van der Waals surface area (Å²) in [6.07, 6.45) is 5.64. The third kappa shape index (κ3) is 2.69. The van der Waals surface area contributed by atoms with E-state index in [1.807, 2.05) is 6.20 Å². The number of hydrogen-bond acceptors (Lipinski definition) is 3. The Morgan fingerprint density at radius 2 is 2.47 bits per heavy atom. The van der Waals surface area contributed by atoms with Crippen LogP contribution >= 0.6 is 0 Å². The van der Waals surface area contributed by atoms with E-state index in [1.54, 1.807) is 0 Å². The lowest BCUT2D eigenvalue weighted by Gasteiger charge is -2.10. The van der Waals surface area contributed by atoms with Crippen LogP contribution in [0.15, 0.2) is 18.3 Å². The SMILES string of the molecule is CCCNc1ccc([C@@H]2CCCN2)cn1. The van der Waals surface area contributed by atoms with Gasteiger partial charge in [0.25, 0.3) is 0 Å². The Hall–Kier alpha value is -1.09. The van der Waals surface area contributed by atoms with E-state index in [0.717, 1.165) is 25.3 Å². The highest BCUT2D eigenvalue weighted by atomic mass is 15.0. The summed E-state index contributed by atoms with van der Waals surface area (Å²) in [6, 6.07) is 4.77. The molecule has 1 atom stereocenters. The molecule has 1 aliphatic heterocycles. The quantitative estimate of drug-likeness (QED) is 0.792. The first-order valence-corrected chi connectivity index (χ1v) is 5.83. The molecular weight excluding hydrogens is 186 g/mol. The third-order valence-corrected chi connectivity index (χ3v) is 2.81. The molecule has 1 saturated heterocycles. The van der Waals surface area contributed by atoms with Crippen LogP contribution in [0.3, 0.4) is 0 Å². The maximum Gasteiger partial charge on any atom is 0.125 e. The van der Waals surface area contributed by atoms with Crippen molar-refractivity contribution in [2.45, 2.75) is 32.2 Å². The van der Waals surface area contributed by atoms with Gasteiger partial charge in [-0.1, -0.05) is 13.0 Å². The van der Waals surface area contributed by atoms with Crippen molar-refractivity contribution in [3.63, 3.8) is 0 Å². The van der Waals surface area contributed by atoms with Crippen LogP contribution in [0.25, 0.3) is 0 Å². The molecule has 0 amide bonds. The minimum absolute atomic E-state index is 0.526. The lowest BCUT2D eigenvalue weighted by atomic mass is 10.1. The summed E-state index contributed by atoms with van der Waals surface area (Å²) in [5, 5.41) is 6.76. The molecule has 3 heteroatoms. The van der Waals surface area contributed by atoms with E-state index in [4.69, 9.17) is 0 Å². The van der Waals surface area contributed by atoms with Crippen molar-refractivity contribution in [2.24, 2.45) is 0 Å². The molecular formula is C12H19N3. The first-order valence-electron chi connectivity index (χ1n) is 5.83. The zero-order chi connectivity index (χ0) is 10.5. The van der Waals surface area contributed by atoms with E-state index < -0.39 is 0 Å². The fraction of sp³-hybridized carbons (Fsp3) is 0.583. The number of hydrogen-bond donors (Lipinski definition) is 2. The van der Waals surface area contributed by atoms with Gasteiger partial charge in [0.2, 0.25) is 0 Å². The lowest BCUT2D eigenvalue weighted by Crippen LogP contribution is -2.13. The van der Waals surface area contributed by atoms with E-state index in [2.05, 4.69) is 34.7 Å². The molecule has 0 saturated carbocycles. The molecule has 0 aromatic carbocycles. The zero-order valence-corrected chi connectivity index (χ0v) is 9.29. The topological polar surface area (TPSA) is 37.0 Å². The van der Waals surface area contributed by atoms with Crippen LogP contribution in [-0.4, -0.2) is 18.1 Å². The largest absolute Gasteiger partial charge is 0.370 e. The maximum absolute atomic E-state index is 4.41. The van der Waals surface area contributed by atoms with Gasteiger partial charge in [-0.15, -0.1) is 0 Å². The maximum atomic E-state index is 4.41. The number of anilines is 1. The number of aromatic nitrogens is 1. The highest BCUT2D eigenvalue weighted by Crippen LogP contribution is 2.22. The highest BCUT2D eigenvalue weighted by Gasteiger charge is 2.15. The Kier molecular flexibility index (Phi) is 3.56. The van der Waals surface area contributed by atoms with Gasteiger partial charge < -0.3 is 10.6 Å². The van der Waals surface area contributed by atoms with E-state index in [0.29, 0.717) is 6.04 Å². The summed E-state index contributed by atoms with van der Waals surface area (Å²) in [4.78, 5) is 4.41. The second kappa shape index (κ2) is 5.12. The van der Waals surface area contributed by atoms with Crippen molar-refractivity contribution < 1.29 is 0 Å². The van der Waals surface area contributed by atoms with E-state index in [1.165, 1.54) is 18.4 Å². The first-order chi connectivity index (χ1) is 7.40. The van der Waals surface area contributed by atoms with Gasteiger partial charge in [-0.25, -0.2) is 4.98 Å². The standard InChI is InChI=1S/C12H19N3/c1-2-7-14-12-6-5-10(9-15-12)11-4-3-8-13-11/h5-6,9,11,13H,2-4,7-8H2,1H3,(H,14,15)/t11-/m0/s1. The van der Waals surface area contributed by atoms with Crippen molar-refractivity contribution in [1.29, 1.82) is 0 Å². The summed E-state index contributed by atoms with van der Waals surface area (Å²) >= 11 is 0. The average Bonchev–Trinajstić information content (AvgIpc) is 2.80. The second-order valence-electron chi connectivity index (χ2n) is 4.05. The molecule has 0 aliphatic carbocycles. The van der Waals surface area contributed by atoms with Crippen LogP contribution in [0.1, 0.15) is 37.8 Å². The van der Waals surface area contributed by atoms with E-state index in [-0.39, 0.29) is 0 Å². The number of nitrogens with one attached hydrogen (secondary N) is 2. The van der Waals surface area contributed by atoms with Gasteiger partial charge in [0.15, 0.2) is 0 Å². The van der Waals surface area contributed by atoms with Crippen molar-refractivity contribution in [3.05, 3.63) is 23.9 Å². The summed E-state index contributed by atoms with van der Waals surface area (Å²) in [6.45, 7) is 4.29. The normalized spacial score (nSPS) is 20.5. The van der Waals surface area contributed by atoms with E-state index in [9.17, 15) is 0 Å². The van der Waals surface area contributed by atoms with Crippen molar-refractivity contribution in [3.8, 4) is 0 Å². The van der Waals surface area contributed by atoms with Gasteiger partial charge in [0.1, 0.15) is 5.82 Å². The molecule has 0 spiro atoms. The molecule has 0 radical (unpaired) electrons. The van der Waals surface area contributed by atoms with Gasteiger partial charge in [-0.05, 0) is 37.4 Å². The van der Waals surface area contributed by atoms with Gasteiger partial charge in [0.05, 0.1) is 0 Å². The molecule has 0 bridgehead atoms. The van der Waals surface area contributed by atoms with Crippen LogP contribution in [0.2, 0.25) is 0 Å². The van der Waals surface area contributed by atoms with Crippen LogP contribution < -0.4 is 10.6 Å². The average molecular weight is 205 g/mol. The molecule has 15 heavy (non-hydrogen) atoms. The Labute approximate surface area is 91.3 Å². The molecule has 1 fully saturated rings. The van der Waals surface area contributed by atoms with Crippen LogP contribution in [0, 0.1) is 0 Å². The second-order valence-corrected chi connectivity index (χ2v) is 4.05. The molecule has 1 aliphatic rings. The van der Waals surface area contributed by atoms with Crippen LogP contribution in [-0.2, 0) is 0 Å². The smallest absolute Gasteiger partial charge is 0.125 e. The van der Waals surface area contributed by atoms with Gasteiger partial charge in [0, 0.05) is 18.8 Å². The summed E-state index contributed by atoms with van der Waals surface area (Å²) < 4.78 is 0. The number of nitrogens with zero attached hydrogens (tertiary/aromatic N) is 1. The molecule has 2 rings (SSSR count). The lowest BCUT2D eigenvalue weighted by molar-refractivity contribution is 0.645. The predicted molar refractivity (Wildman–Crippen MR) is 63.0 cm³/mol. The van der Waals surface area contributed by atoms with Crippen molar-refractivity contribution in [1.82, 2.24) is 10.3 Å². The zero-order valence-electron chi connectivity index (χ0n) is 9.29. The van der Waals surface area contributed by atoms with Crippen LogP contribution in [0.4, 0.5) is 5.82 Å². The molecule has 1 aromatic rings. The molecule has 0 unspecified atom stereocenters. The number of pyridine rings is 1. The summed E-state index contributed by atoms with van der Waals surface area (Å²) in [5.74, 6) is 0.985. The monoisotopic (exact) mass is 205 g/mol. The number of rotatable bonds is 4. The Balaban J connectivity index is 1.96. The minimum Gasteiger partial charge on any atom is -0.370 e. The van der Waals surface area contributed by atoms with Gasteiger partial charge >= 0.3 is 0 Å².